The average molecular weight is 390 g/mol. The number of para-hydroxylation sites is 1. The zero-order valence-corrected chi connectivity index (χ0v) is 16.7. The van der Waals surface area contributed by atoms with E-state index >= 15 is 0 Å². The Hall–Kier alpha value is -3.12. The number of anilines is 2. The lowest BCUT2D eigenvalue weighted by Gasteiger charge is -2.27. The molecule has 0 spiro atoms. The molecule has 4 rings (SSSR count). The number of benzene rings is 2. The number of morpholine rings is 1. The van der Waals surface area contributed by atoms with E-state index in [9.17, 15) is 0 Å². The van der Waals surface area contributed by atoms with E-state index < -0.39 is 0 Å². The average Bonchev–Trinajstić information content (AvgIpc) is 2.80. The number of nitrogens with zero attached hydrogens (tertiary/aromatic N) is 3. The molecule has 150 valence electrons. The van der Waals surface area contributed by atoms with Crippen molar-refractivity contribution < 1.29 is 9.47 Å². The van der Waals surface area contributed by atoms with Crippen molar-refractivity contribution in [3.05, 3.63) is 66.2 Å². The van der Waals surface area contributed by atoms with Crippen LogP contribution in [0.1, 0.15) is 5.56 Å². The second kappa shape index (κ2) is 9.39. The summed E-state index contributed by atoms with van der Waals surface area (Å²) < 4.78 is 10.9. The van der Waals surface area contributed by atoms with Gasteiger partial charge in [-0.05, 0) is 18.1 Å². The molecular weight excluding hydrogens is 364 g/mol. The van der Waals surface area contributed by atoms with Crippen molar-refractivity contribution in [2.24, 2.45) is 0 Å². The van der Waals surface area contributed by atoms with Gasteiger partial charge in [0.05, 0.1) is 26.0 Å². The third-order valence-corrected chi connectivity index (χ3v) is 4.97. The van der Waals surface area contributed by atoms with Crippen molar-refractivity contribution in [3.63, 3.8) is 0 Å². The molecule has 0 saturated carbocycles. The first-order valence-electron chi connectivity index (χ1n) is 9.96. The topological polar surface area (TPSA) is 59.5 Å². The highest BCUT2D eigenvalue weighted by Gasteiger charge is 2.16. The summed E-state index contributed by atoms with van der Waals surface area (Å²) >= 11 is 0. The molecule has 29 heavy (non-hydrogen) atoms. The Labute approximate surface area is 171 Å². The van der Waals surface area contributed by atoms with Crippen molar-refractivity contribution >= 4 is 11.8 Å². The second-order valence-corrected chi connectivity index (χ2v) is 6.89. The minimum absolute atomic E-state index is 0.704. The van der Waals surface area contributed by atoms with Gasteiger partial charge in [0.25, 0.3) is 0 Å². The molecule has 1 aliphatic heterocycles. The van der Waals surface area contributed by atoms with Crippen LogP contribution in [0.25, 0.3) is 11.3 Å². The van der Waals surface area contributed by atoms with Crippen molar-refractivity contribution in [2.75, 3.05) is 50.2 Å². The van der Waals surface area contributed by atoms with Gasteiger partial charge in [-0.1, -0.05) is 48.5 Å². The number of hydrogen-bond acceptors (Lipinski definition) is 6. The molecule has 1 aliphatic rings. The van der Waals surface area contributed by atoms with Gasteiger partial charge in [0.2, 0.25) is 5.95 Å². The SMILES string of the molecule is COc1ccccc1CCNc1cc(-c2ccccc2)nc(N2CCOCC2)n1. The van der Waals surface area contributed by atoms with Crippen LogP contribution in [-0.2, 0) is 11.2 Å². The number of rotatable bonds is 7. The van der Waals surface area contributed by atoms with E-state index in [4.69, 9.17) is 19.4 Å². The van der Waals surface area contributed by atoms with E-state index in [1.165, 1.54) is 5.56 Å². The third-order valence-electron chi connectivity index (χ3n) is 4.97. The molecular formula is C23H26N4O2. The minimum atomic E-state index is 0.704. The fraction of sp³-hybridized carbons (Fsp3) is 0.304. The van der Waals surface area contributed by atoms with Gasteiger partial charge in [0, 0.05) is 31.3 Å². The highest BCUT2D eigenvalue weighted by Crippen LogP contribution is 2.24. The largest absolute Gasteiger partial charge is 0.496 e. The van der Waals surface area contributed by atoms with Gasteiger partial charge in [0.1, 0.15) is 11.6 Å². The zero-order valence-electron chi connectivity index (χ0n) is 16.7. The monoisotopic (exact) mass is 390 g/mol. The summed E-state index contributed by atoms with van der Waals surface area (Å²) in [6, 6.07) is 20.3. The lowest BCUT2D eigenvalue weighted by atomic mass is 10.1. The van der Waals surface area contributed by atoms with Gasteiger partial charge in [-0.25, -0.2) is 4.98 Å². The molecule has 6 heteroatoms. The van der Waals surface area contributed by atoms with E-state index in [0.29, 0.717) is 13.2 Å². The van der Waals surface area contributed by atoms with Gasteiger partial charge in [-0.2, -0.15) is 4.98 Å². The highest BCUT2D eigenvalue weighted by atomic mass is 16.5. The van der Waals surface area contributed by atoms with Crippen LogP contribution in [0.15, 0.2) is 60.7 Å². The molecule has 0 amide bonds. The summed E-state index contributed by atoms with van der Waals surface area (Å²) in [6.45, 7) is 3.77. The van der Waals surface area contributed by atoms with Gasteiger partial charge in [-0.3, -0.25) is 0 Å². The van der Waals surface area contributed by atoms with Crippen LogP contribution < -0.4 is 15.0 Å². The van der Waals surface area contributed by atoms with E-state index in [0.717, 1.165) is 54.8 Å². The van der Waals surface area contributed by atoms with E-state index in [2.05, 4.69) is 28.4 Å². The normalized spacial score (nSPS) is 13.9. The Morgan fingerprint density at radius 3 is 2.55 bits per heavy atom. The van der Waals surface area contributed by atoms with Crippen LogP contribution >= 0.6 is 0 Å². The minimum Gasteiger partial charge on any atom is -0.496 e. The molecule has 0 bridgehead atoms. The number of ether oxygens (including phenoxy) is 2. The molecule has 1 N–H and O–H groups in total. The van der Waals surface area contributed by atoms with Crippen LogP contribution in [0.5, 0.6) is 5.75 Å². The second-order valence-electron chi connectivity index (χ2n) is 6.89. The molecule has 3 aromatic rings. The van der Waals surface area contributed by atoms with Crippen molar-refractivity contribution in [1.82, 2.24) is 9.97 Å². The quantitative estimate of drug-likeness (QED) is 0.665. The van der Waals surface area contributed by atoms with Crippen molar-refractivity contribution in [3.8, 4) is 17.0 Å². The summed E-state index contributed by atoms with van der Waals surface area (Å²) in [5, 5.41) is 3.47. The van der Waals surface area contributed by atoms with E-state index in [1.54, 1.807) is 7.11 Å². The summed E-state index contributed by atoms with van der Waals surface area (Å²) in [6.07, 6.45) is 0.849. The molecule has 0 aliphatic carbocycles. The van der Waals surface area contributed by atoms with Crippen LogP contribution in [0, 0.1) is 0 Å². The van der Waals surface area contributed by atoms with Gasteiger partial charge >= 0.3 is 0 Å². The molecule has 6 nitrogen and oxygen atoms in total. The molecule has 1 fully saturated rings. The molecule has 0 radical (unpaired) electrons. The summed E-state index contributed by atoms with van der Waals surface area (Å²) in [5.74, 6) is 2.49. The first-order chi connectivity index (χ1) is 14.3. The van der Waals surface area contributed by atoms with Crippen LogP contribution in [-0.4, -0.2) is 49.9 Å². The number of methoxy groups -OCH3 is 1. The predicted molar refractivity (Wildman–Crippen MR) is 116 cm³/mol. The Morgan fingerprint density at radius 1 is 1.00 bits per heavy atom. The van der Waals surface area contributed by atoms with Crippen molar-refractivity contribution in [1.29, 1.82) is 0 Å². The molecule has 0 atom stereocenters. The first kappa shape index (κ1) is 19.2. The molecule has 1 saturated heterocycles. The lowest BCUT2D eigenvalue weighted by Crippen LogP contribution is -2.37. The van der Waals surface area contributed by atoms with Gasteiger partial charge in [-0.15, -0.1) is 0 Å². The maximum absolute atomic E-state index is 5.48. The fourth-order valence-corrected chi connectivity index (χ4v) is 3.42. The fourth-order valence-electron chi connectivity index (χ4n) is 3.42. The van der Waals surface area contributed by atoms with Crippen LogP contribution in [0.3, 0.4) is 0 Å². The Morgan fingerprint density at radius 2 is 1.76 bits per heavy atom. The predicted octanol–water partition coefficient (Wildman–Crippen LogP) is 3.64. The number of aromatic nitrogens is 2. The van der Waals surface area contributed by atoms with Crippen LogP contribution in [0.4, 0.5) is 11.8 Å². The Balaban J connectivity index is 1.54. The van der Waals surface area contributed by atoms with Crippen molar-refractivity contribution in [2.45, 2.75) is 6.42 Å². The van der Waals surface area contributed by atoms with Gasteiger partial charge < -0.3 is 19.7 Å². The van der Waals surface area contributed by atoms with E-state index in [1.807, 2.05) is 42.5 Å². The van der Waals surface area contributed by atoms with E-state index in [-0.39, 0.29) is 0 Å². The van der Waals surface area contributed by atoms with Gasteiger partial charge in [0.15, 0.2) is 0 Å². The van der Waals surface area contributed by atoms with Crippen LogP contribution in [0.2, 0.25) is 0 Å². The Bertz CT molecular complexity index is 927. The summed E-state index contributed by atoms with van der Waals surface area (Å²) in [7, 11) is 1.71. The third kappa shape index (κ3) is 4.84. The molecule has 1 aromatic heterocycles. The first-order valence-corrected chi connectivity index (χ1v) is 9.96. The maximum atomic E-state index is 5.48. The molecule has 2 heterocycles. The zero-order chi connectivity index (χ0) is 19.9. The number of hydrogen-bond donors (Lipinski definition) is 1. The molecule has 2 aromatic carbocycles. The number of nitrogens with one attached hydrogen (secondary N) is 1. The summed E-state index contributed by atoms with van der Waals surface area (Å²) in [5.41, 5.74) is 3.17. The standard InChI is InChI=1S/C23H26N4O2/c1-28-21-10-6-5-9-19(21)11-12-24-22-17-20(18-7-3-2-4-8-18)25-23(26-22)27-13-15-29-16-14-27/h2-10,17H,11-16H2,1H3,(H,24,25,26). The highest BCUT2D eigenvalue weighted by molar-refractivity contribution is 5.64. The Kier molecular flexibility index (Phi) is 6.22. The lowest BCUT2D eigenvalue weighted by molar-refractivity contribution is 0.122. The maximum Gasteiger partial charge on any atom is 0.228 e. The smallest absolute Gasteiger partial charge is 0.228 e. The summed E-state index contributed by atoms with van der Waals surface area (Å²) in [4.78, 5) is 11.8. The molecule has 0 unspecified atom stereocenters.